The lowest BCUT2D eigenvalue weighted by Gasteiger charge is -2.24. The van der Waals surface area contributed by atoms with Gasteiger partial charge in [0.1, 0.15) is 23.0 Å². The summed E-state index contributed by atoms with van der Waals surface area (Å²) < 4.78 is 2.18. The fourth-order valence-corrected chi connectivity index (χ4v) is 4.94. The predicted molar refractivity (Wildman–Crippen MR) is 129 cm³/mol. The molecule has 0 atom stereocenters. The molecular formula is C26H24ClN5. The number of aryl methyl sites for hydroxylation is 4. The Morgan fingerprint density at radius 1 is 1.03 bits per heavy atom. The van der Waals surface area contributed by atoms with Gasteiger partial charge in [-0.3, -0.25) is 0 Å². The average Bonchev–Trinajstić information content (AvgIpc) is 3.06. The van der Waals surface area contributed by atoms with E-state index in [-0.39, 0.29) is 0 Å². The molecule has 0 saturated heterocycles. The highest BCUT2D eigenvalue weighted by molar-refractivity contribution is 6.29. The molecule has 5 nitrogen and oxygen atoms in total. The minimum atomic E-state index is 0.331. The van der Waals surface area contributed by atoms with Gasteiger partial charge in [-0.15, -0.1) is 0 Å². The molecule has 1 aliphatic heterocycles. The zero-order chi connectivity index (χ0) is 22.2. The Bertz CT molecular complexity index is 1360. The van der Waals surface area contributed by atoms with Crippen LogP contribution in [-0.4, -0.2) is 21.1 Å². The Morgan fingerprint density at radius 2 is 1.81 bits per heavy atom. The molecule has 6 heteroatoms. The summed E-state index contributed by atoms with van der Waals surface area (Å²) in [6.45, 7) is 5.15. The SMILES string of the molecule is CCc1nc2c(C)cc(Cl)nc2n1Cc1ccc2c(c1)CCc1ccccc1N2CC#N. The van der Waals surface area contributed by atoms with Crippen LogP contribution in [0.15, 0.2) is 48.5 Å². The highest BCUT2D eigenvalue weighted by atomic mass is 35.5. The van der Waals surface area contributed by atoms with Crippen molar-refractivity contribution in [2.24, 2.45) is 0 Å². The maximum absolute atomic E-state index is 9.47. The molecular weight excluding hydrogens is 418 g/mol. The summed E-state index contributed by atoms with van der Waals surface area (Å²) in [6.07, 6.45) is 2.72. The molecule has 0 aliphatic carbocycles. The smallest absolute Gasteiger partial charge is 0.162 e. The monoisotopic (exact) mass is 441 g/mol. The van der Waals surface area contributed by atoms with Crippen molar-refractivity contribution in [2.75, 3.05) is 11.4 Å². The number of fused-ring (bicyclic) bond motifs is 3. The molecule has 32 heavy (non-hydrogen) atoms. The van der Waals surface area contributed by atoms with Crippen molar-refractivity contribution in [2.45, 2.75) is 39.7 Å². The van der Waals surface area contributed by atoms with Crippen LogP contribution in [0, 0.1) is 18.3 Å². The Kier molecular flexibility index (Phi) is 5.32. The predicted octanol–water partition coefficient (Wildman–Crippen LogP) is 5.76. The number of hydrogen-bond acceptors (Lipinski definition) is 4. The molecule has 1 aliphatic rings. The van der Waals surface area contributed by atoms with E-state index in [0.29, 0.717) is 18.2 Å². The van der Waals surface area contributed by atoms with E-state index in [1.54, 1.807) is 0 Å². The second kappa shape index (κ2) is 8.29. The molecule has 0 fully saturated rings. The van der Waals surface area contributed by atoms with Gasteiger partial charge in [0.05, 0.1) is 12.6 Å². The number of pyridine rings is 1. The van der Waals surface area contributed by atoms with Crippen molar-refractivity contribution in [3.8, 4) is 6.07 Å². The zero-order valence-corrected chi connectivity index (χ0v) is 19.0. The van der Waals surface area contributed by atoms with Crippen molar-refractivity contribution in [3.05, 3.63) is 81.8 Å². The summed E-state index contributed by atoms with van der Waals surface area (Å²) >= 11 is 6.27. The van der Waals surface area contributed by atoms with Gasteiger partial charge in [0.2, 0.25) is 0 Å². The van der Waals surface area contributed by atoms with Crippen LogP contribution in [0.25, 0.3) is 11.2 Å². The molecule has 160 valence electrons. The number of rotatable bonds is 4. The minimum Gasteiger partial charge on any atom is -0.327 e. The first-order valence-electron chi connectivity index (χ1n) is 11.0. The second-order valence-corrected chi connectivity index (χ2v) is 8.63. The lowest BCUT2D eigenvalue weighted by atomic mass is 10.0. The van der Waals surface area contributed by atoms with Crippen molar-refractivity contribution in [1.29, 1.82) is 5.26 Å². The van der Waals surface area contributed by atoms with Crippen LogP contribution in [0.2, 0.25) is 5.15 Å². The molecule has 2 aromatic heterocycles. The molecule has 0 bridgehead atoms. The summed E-state index contributed by atoms with van der Waals surface area (Å²) in [4.78, 5) is 11.6. The first-order valence-corrected chi connectivity index (χ1v) is 11.3. The third-order valence-corrected chi connectivity index (χ3v) is 6.40. The average molecular weight is 442 g/mol. The topological polar surface area (TPSA) is 57.7 Å². The lowest BCUT2D eigenvalue weighted by molar-refractivity contribution is 0.745. The maximum Gasteiger partial charge on any atom is 0.162 e. The molecule has 5 rings (SSSR count). The van der Waals surface area contributed by atoms with E-state index in [4.69, 9.17) is 16.6 Å². The summed E-state index contributed by atoms with van der Waals surface area (Å²) in [5, 5.41) is 9.96. The van der Waals surface area contributed by atoms with Crippen LogP contribution in [-0.2, 0) is 25.8 Å². The van der Waals surface area contributed by atoms with E-state index in [1.165, 1.54) is 16.7 Å². The molecule has 0 saturated carbocycles. The van der Waals surface area contributed by atoms with Crippen LogP contribution < -0.4 is 4.90 Å². The number of nitriles is 1. The summed E-state index contributed by atoms with van der Waals surface area (Å²) in [6, 6.07) is 19.2. The quantitative estimate of drug-likeness (QED) is 0.298. The summed E-state index contributed by atoms with van der Waals surface area (Å²) in [5.74, 6) is 1.01. The number of imidazole rings is 1. The van der Waals surface area contributed by atoms with E-state index in [9.17, 15) is 5.26 Å². The molecule has 2 aromatic carbocycles. The number of anilines is 2. The molecule has 0 spiro atoms. The highest BCUT2D eigenvalue weighted by Gasteiger charge is 2.21. The minimum absolute atomic E-state index is 0.331. The Morgan fingerprint density at radius 3 is 2.62 bits per heavy atom. The normalized spacial score (nSPS) is 12.9. The third-order valence-electron chi connectivity index (χ3n) is 6.21. The van der Waals surface area contributed by atoms with Crippen LogP contribution in [0.4, 0.5) is 11.4 Å². The summed E-state index contributed by atoms with van der Waals surface area (Å²) in [5.41, 5.74) is 8.77. The third kappa shape index (κ3) is 3.51. The second-order valence-electron chi connectivity index (χ2n) is 8.24. The number of halogens is 1. The van der Waals surface area contributed by atoms with Crippen molar-refractivity contribution in [1.82, 2.24) is 14.5 Å². The van der Waals surface area contributed by atoms with Crippen molar-refractivity contribution < 1.29 is 0 Å². The maximum atomic E-state index is 9.47. The highest BCUT2D eigenvalue weighted by Crippen LogP contribution is 2.36. The van der Waals surface area contributed by atoms with Gasteiger partial charge in [0, 0.05) is 17.8 Å². The zero-order valence-electron chi connectivity index (χ0n) is 18.3. The first kappa shape index (κ1) is 20.5. The van der Waals surface area contributed by atoms with Gasteiger partial charge in [-0.1, -0.05) is 48.9 Å². The van der Waals surface area contributed by atoms with E-state index in [2.05, 4.69) is 63.8 Å². The van der Waals surface area contributed by atoms with E-state index in [1.807, 2.05) is 19.1 Å². The van der Waals surface area contributed by atoms with Gasteiger partial charge in [0.15, 0.2) is 5.65 Å². The molecule has 0 amide bonds. The van der Waals surface area contributed by atoms with Gasteiger partial charge in [-0.2, -0.15) is 5.26 Å². The number of benzene rings is 2. The van der Waals surface area contributed by atoms with Crippen LogP contribution in [0.1, 0.15) is 35.0 Å². The Hall–Kier alpha value is -3.36. The molecule has 0 N–H and O–H groups in total. The fourth-order valence-electron chi connectivity index (χ4n) is 4.69. The van der Waals surface area contributed by atoms with E-state index >= 15 is 0 Å². The Balaban J connectivity index is 1.57. The number of hydrogen-bond donors (Lipinski definition) is 0. The fraction of sp³-hybridized carbons (Fsp3) is 0.269. The van der Waals surface area contributed by atoms with Crippen molar-refractivity contribution in [3.63, 3.8) is 0 Å². The van der Waals surface area contributed by atoms with Gasteiger partial charge in [-0.25, -0.2) is 9.97 Å². The van der Waals surface area contributed by atoms with Crippen LogP contribution in [0.3, 0.4) is 0 Å². The molecule has 4 aromatic rings. The largest absolute Gasteiger partial charge is 0.327 e. The lowest BCUT2D eigenvalue weighted by Crippen LogP contribution is -2.18. The summed E-state index contributed by atoms with van der Waals surface area (Å²) in [7, 11) is 0. The van der Waals surface area contributed by atoms with Gasteiger partial charge >= 0.3 is 0 Å². The van der Waals surface area contributed by atoms with Gasteiger partial charge < -0.3 is 9.47 Å². The molecule has 0 radical (unpaired) electrons. The number of nitrogens with zero attached hydrogens (tertiary/aromatic N) is 5. The number of aromatic nitrogens is 3. The number of para-hydroxylation sites is 1. The van der Waals surface area contributed by atoms with Crippen LogP contribution >= 0.6 is 11.6 Å². The van der Waals surface area contributed by atoms with Crippen LogP contribution in [0.5, 0.6) is 0 Å². The first-order chi connectivity index (χ1) is 15.6. The van der Waals surface area contributed by atoms with Gasteiger partial charge in [0.25, 0.3) is 0 Å². The van der Waals surface area contributed by atoms with Gasteiger partial charge in [-0.05, 0) is 60.2 Å². The standard InChI is InChI=1S/C26H24ClN5/c1-3-24-30-25-17(2)14-23(27)29-26(25)32(24)16-18-8-11-22-20(15-18)10-9-19-6-4-5-7-21(19)31(22)13-12-28/h4-8,11,14-15H,3,9-10,13,16H2,1-2H3. The van der Waals surface area contributed by atoms with E-state index in [0.717, 1.165) is 53.2 Å². The van der Waals surface area contributed by atoms with E-state index < -0.39 is 0 Å². The Labute approximate surface area is 192 Å². The van der Waals surface area contributed by atoms with Crippen molar-refractivity contribution >= 4 is 34.1 Å². The molecule has 3 heterocycles. The molecule has 0 unspecified atom stereocenters.